The molecular weight excluding hydrogens is 258 g/mol. The number of aromatic nitrogens is 1. The second-order valence-corrected chi connectivity index (χ2v) is 7.24. The number of rotatable bonds is 2. The van der Waals surface area contributed by atoms with E-state index >= 15 is 0 Å². The lowest BCUT2D eigenvalue weighted by Gasteiger charge is -2.39. The van der Waals surface area contributed by atoms with E-state index in [1.165, 1.54) is 49.8 Å². The third-order valence-electron chi connectivity index (χ3n) is 5.24. The van der Waals surface area contributed by atoms with Gasteiger partial charge in [-0.05, 0) is 55.6 Å². The number of pyridine rings is 1. The van der Waals surface area contributed by atoms with Crippen LogP contribution in [0.25, 0.3) is 0 Å². The van der Waals surface area contributed by atoms with Crippen LogP contribution in [0.15, 0.2) is 6.07 Å². The van der Waals surface area contributed by atoms with Crippen molar-refractivity contribution in [1.82, 2.24) is 4.98 Å². The van der Waals surface area contributed by atoms with Gasteiger partial charge in [-0.1, -0.05) is 26.7 Å². The smallest absolute Gasteiger partial charge is 0.144 e. The molecule has 0 aliphatic heterocycles. The molecule has 0 saturated heterocycles. The first-order valence-electron chi connectivity index (χ1n) is 8.29. The topological polar surface area (TPSA) is 48.7 Å². The van der Waals surface area contributed by atoms with Gasteiger partial charge in [0.1, 0.15) is 11.9 Å². The summed E-state index contributed by atoms with van der Waals surface area (Å²) in [6.07, 6.45) is 9.59. The number of nitrogens with one attached hydrogen (secondary N) is 1. The molecule has 3 nitrogen and oxygen atoms in total. The van der Waals surface area contributed by atoms with E-state index in [1.54, 1.807) is 0 Å². The Kier molecular flexibility index (Phi) is 3.89. The van der Waals surface area contributed by atoms with Gasteiger partial charge < -0.3 is 5.32 Å². The van der Waals surface area contributed by atoms with E-state index in [9.17, 15) is 5.26 Å². The summed E-state index contributed by atoms with van der Waals surface area (Å²) in [6.45, 7) is 4.66. The minimum absolute atomic E-state index is 0.280. The summed E-state index contributed by atoms with van der Waals surface area (Å²) in [7, 11) is 0. The Morgan fingerprint density at radius 3 is 2.81 bits per heavy atom. The van der Waals surface area contributed by atoms with E-state index in [0.29, 0.717) is 6.04 Å². The van der Waals surface area contributed by atoms with Gasteiger partial charge in [-0.3, -0.25) is 0 Å². The van der Waals surface area contributed by atoms with Gasteiger partial charge >= 0.3 is 0 Å². The van der Waals surface area contributed by atoms with Crippen LogP contribution >= 0.6 is 0 Å². The number of anilines is 1. The second-order valence-electron chi connectivity index (χ2n) is 7.24. The Balaban J connectivity index is 1.89. The number of fused-ring (bicyclic) bond motifs is 1. The predicted molar refractivity (Wildman–Crippen MR) is 85.3 cm³/mol. The third-order valence-corrected chi connectivity index (χ3v) is 5.24. The molecule has 112 valence electrons. The maximum absolute atomic E-state index is 9.45. The molecule has 0 radical (unpaired) electrons. The molecule has 1 fully saturated rings. The van der Waals surface area contributed by atoms with Crippen LogP contribution in [0.1, 0.15) is 69.2 Å². The fourth-order valence-corrected chi connectivity index (χ4v) is 3.76. The highest BCUT2D eigenvalue weighted by atomic mass is 15.0. The average molecular weight is 283 g/mol. The summed E-state index contributed by atoms with van der Waals surface area (Å²) in [4.78, 5) is 4.81. The van der Waals surface area contributed by atoms with Crippen molar-refractivity contribution in [2.75, 3.05) is 5.32 Å². The van der Waals surface area contributed by atoms with Crippen molar-refractivity contribution < 1.29 is 0 Å². The monoisotopic (exact) mass is 283 g/mol. The Hall–Kier alpha value is -1.56. The molecule has 1 heterocycles. The molecule has 2 aliphatic carbocycles. The maximum Gasteiger partial charge on any atom is 0.144 e. The van der Waals surface area contributed by atoms with Crippen LogP contribution in [-0.2, 0) is 12.8 Å². The zero-order valence-electron chi connectivity index (χ0n) is 13.2. The third kappa shape index (κ3) is 2.90. The van der Waals surface area contributed by atoms with Crippen molar-refractivity contribution in [2.45, 2.75) is 71.3 Å². The summed E-state index contributed by atoms with van der Waals surface area (Å²) >= 11 is 0. The van der Waals surface area contributed by atoms with Crippen molar-refractivity contribution in [3.05, 3.63) is 22.9 Å². The molecule has 21 heavy (non-hydrogen) atoms. The quantitative estimate of drug-likeness (QED) is 0.884. The number of hydrogen-bond donors (Lipinski definition) is 1. The highest BCUT2D eigenvalue weighted by molar-refractivity contribution is 5.55. The lowest BCUT2D eigenvalue weighted by atomic mass is 9.73. The number of aryl methyl sites for hydroxylation is 2. The van der Waals surface area contributed by atoms with E-state index in [2.05, 4.69) is 31.3 Å². The largest absolute Gasteiger partial charge is 0.366 e. The number of nitrogens with zero attached hydrogens (tertiary/aromatic N) is 2. The fourth-order valence-electron chi connectivity index (χ4n) is 3.76. The van der Waals surface area contributed by atoms with Gasteiger partial charge in [0, 0.05) is 11.7 Å². The summed E-state index contributed by atoms with van der Waals surface area (Å²) in [6, 6.07) is 4.83. The lowest BCUT2D eigenvalue weighted by molar-refractivity contribution is 0.216. The highest BCUT2D eigenvalue weighted by Gasteiger charge is 2.33. The summed E-state index contributed by atoms with van der Waals surface area (Å²) in [5.41, 5.74) is 3.49. The maximum atomic E-state index is 9.45. The Labute approximate surface area is 127 Å². The van der Waals surface area contributed by atoms with Crippen LogP contribution in [-0.4, -0.2) is 11.0 Å². The zero-order valence-corrected chi connectivity index (χ0v) is 13.2. The molecule has 2 aliphatic rings. The fraction of sp³-hybridized carbons (Fsp3) is 0.667. The molecule has 0 bridgehead atoms. The van der Waals surface area contributed by atoms with E-state index in [0.717, 1.165) is 24.2 Å². The molecule has 1 saturated carbocycles. The first-order valence-corrected chi connectivity index (χ1v) is 8.29. The number of hydrogen-bond acceptors (Lipinski definition) is 3. The molecule has 1 aromatic heterocycles. The van der Waals surface area contributed by atoms with E-state index in [4.69, 9.17) is 4.98 Å². The van der Waals surface area contributed by atoms with Crippen molar-refractivity contribution in [2.24, 2.45) is 5.41 Å². The molecular formula is C18H25N3. The summed E-state index contributed by atoms with van der Waals surface area (Å²) in [5, 5.41) is 13.1. The van der Waals surface area contributed by atoms with E-state index < -0.39 is 0 Å². The van der Waals surface area contributed by atoms with E-state index in [1.807, 2.05) is 0 Å². The molecule has 3 heteroatoms. The average Bonchev–Trinajstić information content (AvgIpc) is 2.48. The summed E-state index contributed by atoms with van der Waals surface area (Å²) < 4.78 is 0. The predicted octanol–water partition coefficient (Wildman–Crippen LogP) is 4.21. The zero-order chi connectivity index (χ0) is 14.9. The van der Waals surface area contributed by atoms with Gasteiger partial charge in [-0.2, -0.15) is 5.26 Å². The lowest BCUT2D eigenvalue weighted by Crippen LogP contribution is -2.39. The normalized spacial score (nSPS) is 24.0. The van der Waals surface area contributed by atoms with Gasteiger partial charge in [-0.15, -0.1) is 0 Å². The van der Waals surface area contributed by atoms with Crippen molar-refractivity contribution in [3.8, 4) is 6.07 Å². The van der Waals surface area contributed by atoms with Crippen molar-refractivity contribution in [1.29, 1.82) is 5.26 Å². The minimum atomic E-state index is 0.280. The molecule has 1 unspecified atom stereocenters. The van der Waals surface area contributed by atoms with Crippen LogP contribution in [0.3, 0.4) is 0 Å². The van der Waals surface area contributed by atoms with Crippen LogP contribution < -0.4 is 5.32 Å². The first kappa shape index (κ1) is 14.4. The van der Waals surface area contributed by atoms with E-state index in [-0.39, 0.29) is 5.41 Å². The minimum Gasteiger partial charge on any atom is -0.366 e. The van der Waals surface area contributed by atoms with Crippen molar-refractivity contribution >= 4 is 5.82 Å². The molecule has 1 aromatic rings. The Bertz CT molecular complexity index is 569. The van der Waals surface area contributed by atoms with Crippen LogP contribution in [0.5, 0.6) is 0 Å². The van der Waals surface area contributed by atoms with Gasteiger partial charge in [0.05, 0.1) is 5.56 Å². The number of nitriles is 1. The van der Waals surface area contributed by atoms with Crippen molar-refractivity contribution in [3.63, 3.8) is 0 Å². The molecule has 1 N–H and O–H groups in total. The first-order chi connectivity index (χ1) is 10.1. The van der Waals surface area contributed by atoms with Crippen LogP contribution in [0.2, 0.25) is 0 Å². The van der Waals surface area contributed by atoms with Crippen LogP contribution in [0.4, 0.5) is 5.82 Å². The Morgan fingerprint density at radius 2 is 2.05 bits per heavy atom. The highest BCUT2D eigenvalue weighted by Crippen LogP contribution is 2.37. The SMILES string of the molecule is CC1(C)CCCCC1Nc1nc2c(cc1C#N)CCCC2. The van der Waals surface area contributed by atoms with Gasteiger partial charge in [-0.25, -0.2) is 4.98 Å². The molecule has 0 spiro atoms. The second kappa shape index (κ2) is 5.67. The summed E-state index contributed by atoms with van der Waals surface area (Å²) in [5.74, 6) is 0.818. The van der Waals surface area contributed by atoms with Crippen LogP contribution in [0, 0.1) is 16.7 Å². The molecule has 1 atom stereocenters. The standard InChI is InChI=1S/C18H25N3/c1-18(2)10-6-5-9-16(18)21-17-14(12-19)11-13-7-3-4-8-15(13)20-17/h11,16H,3-10H2,1-2H3,(H,20,21). The molecule has 0 amide bonds. The van der Waals surface area contributed by atoms with Gasteiger partial charge in [0.2, 0.25) is 0 Å². The molecule has 3 rings (SSSR count). The van der Waals surface area contributed by atoms with Gasteiger partial charge in [0.25, 0.3) is 0 Å². The molecule has 0 aromatic carbocycles. The Morgan fingerprint density at radius 1 is 1.24 bits per heavy atom. The van der Waals surface area contributed by atoms with Gasteiger partial charge in [0.15, 0.2) is 0 Å².